The fourth-order valence-corrected chi connectivity index (χ4v) is 3.53. The second kappa shape index (κ2) is 7.49. The maximum absolute atomic E-state index is 14.7. The molecule has 0 aromatic heterocycles. The van der Waals surface area contributed by atoms with E-state index in [1.807, 2.05) is 25.1 Å². The number of ether oxygens (including phenoxy) is 1. The third-order valence-electron chi connectivity index (χ3n) is 4.81. The van der Waals surface area contributed by atoms with Crippen LogP contribution in [-0.2, 0) is 0 Å². The van der Waals surface area contributed by atoms with E-state index in [2.05, 4.69) is 12.1 Å². The van der Waals surface area contributed by atoms with Gasteiger partial charge in [0.05, 0.1) is 6.61 Å². The van der Waals surface area contributed by atoms with Crippen molar-refractivity contribution in [1.82, 2.24) is 0 Å². The van der Waals surface area contributed by atoms with Gasteiger partial charge < -0.3 is 4.74 Å². The fraction of sp³-hybridized carbons (Fsp3) is 0.381. The zero-order valence-electron chi connectivity index (χ0n) is 14.0. The van der Waals surface area contributed by atoms with Gasteiger partial charge in [0.15, 0.2) is 5.82 Å². The molecule has 0 heterocycles. The van der Waals surface area contributed by atoms with Crippen molar-refractivity contribution < 1.29 is 9.13 Å². The van der Waals surface area contributed by atoms with Crippen molar-refractivity contribution in [1.29, 1.82) is 5.26 Å². The average Bonchev–Trinajstić information content (AvgIpc) is 2.63. The second-order valence-corrected chi connectivity index (χ2v) is 6.30. The molecule has 1 saturated carbocycles. The summed E-state index contributed by atoms with van der Waals surface area (Å²) >= 11 is 0. The summed E-state index contributed by atoms with van der Waals surface area (Å²) in [5, 5.41) is 9.24. The molecule has 124 valence electrons. The molecule has 0 radical (unpaired) electrons. The fourth-order valence-electron chi connectivity index (χ4n) is 3.53. The van der Waals surface area contributed by atoms with Crippen LogP contribution in [0.5, 0.6) is 5.75 Å². The lowest BCUT2D eigenvalue weighted by Crippen LogP contribution is -2.04. The molecule has 0 atom stereocenters. The van der Waals surface area contributed by atoms with E-state index in [4.69, 9.17) is 4.74 Å². The van der Waals surface area contributed by atoms with Crippen LogP contribution in [0.15, 0.2) is 36.4 Å². The molecular weight excluding hydrogens is 301 g/mol. The third-order valence-corrected chi connectivity index (χ3v) is 4.81. The van der Waals surface area contributed by atoms with Crippen LogP contribution in [-0.4, -0.2) is 6.61 Å². The lowest BCUT2D eigenvalue weighted by molar-refractivity contribution is 0.337. The monoisotopic (exact) mass is 323 g/mol. The van der Waals surface area contributed by atoms with Gasteiger partial charge in [0.1, 0.15) is 17.4 Å². The molecule has 2 nitrogen and oxygen atoms in total. The van der Waals surface area contributed by atoms with E-state index in [9.17, 15) is 9.65 Å². The number of hydrogen-bond acceptors (Lipinski definition) is 2. The van der Waals surface area contributed by atoms with Crippen molar-refractivity contribution in [2.24, 2.45) is 0 Å². The normalized spacial score (nSPS) is 15.0. The minimum absolute atomic E-state index is 0.0225. The Kier molecular flexibility index (Phi) is 5.15. The van der Waals surface area contributed by atoms with Crippen molar-refractivity contribution in [2.45, 2.75) is 44.9 Å². The number of hydrogen-bond donors (Lipinski definition) is 0. The Labute approximate surface area is 142 Å². The predicted octanol–water partition coefficient (Wildman–Crippen LogP) is 5.81. The Morgan fingerprint density at radius 3 is 2.42 bits per heavy atom. The summed E-state index contributed by atoms with van der Waals surface area (Å²) < 4.78 is 20.0. The summed E-state index contributed by atoms with van der Waals surface area (Å²) in [7, 11) is 0. The minimum atomic E-state index is -0.506. The molecule has 1 aliphatic rings. The van der Waals surface area contributed by atoms with Crippen LogP contribution in [0.4, 0.5) is 4.39 Å². The second-order valence-electron chi connectivity index (χ2n) is 6.30. The molecule has 3 heteroatoms. The minimum Gasteiger partial charge on any atom is -0.492 e. The molecule has 0 spiro atoms. The first kappa shape index (κ1) is 16.5. The Hall–Kier alpha value is -2.34. The molecule has 3 rings (SSSR count). The largest absolute Gasteiger partial charge is 0.492 e. The van der Waals surface area contributed by atoms with Crippen LogP contribution >= 0.6 is 0 Å². The summed E-state index contributed by atoms with van der Waals surface area (Å²) in [6, 6.07) is 13.4. The van der Waals surface area contributed by atoms with E-state index in [-0.39, 0.29) is 5.56 Å². The van der Waals surface area contributed by atoms with Crippen molar-refractivity contribution in [3.8, 4) is 22.9 Å². The molecule has 2 aromatic carbocycles. The summed E-state index contributed by atoms with van der Waals surface area (Å²) in [5.41, 5.74) is 2.56. The number of nitriles is 1. The topological polar surface area (TPSA) is 33.0 Å². The number of benzene rings is 2. The quantitative estimate of drug-likeness (QED) is 0.711. The van der Waals surface area contributed by atoms with Crippen molar-refractivity contribution in [3.63, 3.8) is 0 Å². The molecule has 0 N–H and O–H groups in total. The molecule has 1 fully saturated rings. The highest BCUT2D eigenvalue weighted by molar-refractivity contribution is 5.68. The molecule has 0 unspecified atom stereocenters. The lowest BCUT2D eigenvalue weighted by atomic mass is 9.83. The maximum Gasteiger partial charge on any atom is 0.152 e. The van der Waals surface area contributed by atoms with Gasteiger partial charge in [-0.3, -0.25) is 0 Å². The van der Waals surface area contributed by atoms with E-state index in [1.165, 1.54) is 37.7 Å². The van der Waals surface area contributed by atoms with Crippen LogP contribution in [0.2, 0.25) is 0 Å². The Bertz CT molecular complexity index is 740. The van der Waals surface area contributed by atoms with E-state index in [0.29, 0.717) is 23.8 Å². The van der Waals surface area contributed by atoms with Crippen LogP contribution in [0.25, 0.3) is 11.1 Å². The van der Waals surface area contributed by atoms with Crippen molar-refractivity contribution in [3.05, 3.63) is 53.3 Å². The van der Waals surface area contributed by atoms with Crippen LogP contribution in [0.1, 0.15) is 56.1 Å². The van der Waals surface area contributed by atoms with Crippen LogP contribution < -0.4 is 4.74 Å². The Balaban J connectivity index is 1.90. The summed E-state index contributed by atoms with van der Waals surface area (Å²) in [4.78, 5) is 0. The Morgan fingerprint density at radius 2 is 1.79 bits per heavy atom. The number of rotatable bonds is 4. The molecule has 24 heavy (non-hydrogen) atoms. The number of halogens is 1. The van der Waals surface area contributed by atoms with Crippen LogP contribution in [0, 0.1) is 17.1 Å². The summed E-state index contributed by atoms with van der Waals surface area (Å²) in [6.07, 6.45) is 6.42. The van der Waals surface area contributed by atoms with Gasteiger partial charge in [-0.05, 0) is 48.9 Å². The van der Waals surface area contributed by atoms with Gasteiger partial charge in [-0.25, -0.2) is 4.39 Å². The van der Waals surface area contributed by atoms with Gasteiger partial charge >= 0.3 is 0 Å². The predicted molar refractivity (Wildman–Crippen MR) is 93.5 cm³/mol. The van der Waals surface area contributed by atoms with E-state index in [1.54, 1.807) is 12.1 Å². The van der Waals surface area contributed by atoms with E-state index < -0.39 is 5.82 Å². The van der Waals surface area contributed by atoms with Gasteiger partial charge in [-0.1, -0.05) is 43.5 Å². The molecule has 2 aromatic rings. The smallest absolute Gasteiger partial charge is 0.152 e. The van der Waals surface area contributed by atoms with Gasteiger partial charge in [-0.2, -0.15) is 5.26 Å². The standard InChI is InChI=1S/C21H22FNO/c1-2-24-20-13-12-18(21(22)19(20)14-23)17-10-8-16(9-11-17)15-6-4-3-5-7-15/h8-13,15H,2-7H2,1H3. The zero-order valence-corrected chi connectivity index (χ0v) is 14.0. The van der Waals surface area contributed by atoms with Gasteiger partial charge in [0, 0.05) is 5.56 Å². The highest BCUT2D eigenvalue weighted by Crippen LogP contribution is 2.35. The Morgan fingerprint density at radius 1 is 1.08 bits per heavy atom. The van der Waals surface area contributed by atoms with Gasteiger partial charge in [0.25, 0.3) is 0 Å². The zero-order chi connectivity index (χ0) is 16.9. The first-order valence-corrected chi connectivity index (χ1v) is 8.70. The molecule has 0 aliphatic heterocycles. The molecule has 1 aliphatic carbocycles. The highest BCUT2D eigenvalue weighted by atomic mass is 19.1. The average molecular weight is 323 g/mol. The first-order valence-electron chi connectivity index (χ1n) is 8.70. The van der Waals surface area contributed by atoms with Crippen LogP contribution in [0.3, 0.4) is 0 Å². The molecule has 0 amide bonds. The molecule has 0 bridgehead atoms. The molecular formula is C21H22FNO. The highest BCUT2D eigenvalue weighted by Gasteiger charge is 2.18. The van der Waals surface area contributed by atoms with E-state index in [0.717, 1.165) is 5.56 Å². The number of nitrogens with zero attached hydrogens (tertiary/aromatic N) is 1. The molecule has 0 saturated heterocycles. The van der Waals surface area contributed by atoms with E-state index >= 15 is 0 Å². The van der Waals surface area contributed by atoms with Crippen molar-refractivity contribution >= 4 is 0 Å². The van der Waals surface area contributed by atoms with Gasteiger partial charge in [0.2, 0.25) is 0 Å². The SMILES string of the molecule is CCOc1ccc(-c2ccc(C3CCCCC3)cc2)c(F)c1C#N. The lowest BCUT2D eigenvalue weighted by Gasteiger charge is -2.22. The third kappa shape index (κ3) is 3.28. The van der Waals surface area contributed by atoms with Crippen molar-refractivity contribution in [2.75, 3.05) is 6.61 Å². The first-order chi connectivity index (χ1) is 11.7. The van der Waals surface area contributed by atoms with Gasteiger partial charge in [-0.15, -0.1) is 0 Å². The summed E-state index contributed by atoms with van der Waals surface area (Å²) in [5.74, 6) is 0.432. The summed E-state index contributed by atoms with van der Waals surface area (Å²) in [6.45, 7) is 2.22. The maximum atomic E-state index is 14.7.